The van der Waals surface area contributed by atoms with Gasteiger partial charge in [-0.15, -0.1) is 0 Å². The van der Waals surface area contributed by atoms with Crippen LogP contribution in [-0.2, 0) is 4.79 Å². The number of para-hydroxylation sites is 1. The average molecular weight is 351 g/mol. The highest BCUT2D eigenvalue weighted by molar-refractivity contribution is 5.78. The minimum absolute atomic E-state index is 0.0605. The van der Waals surface area contributed by atoms with Gasteiger partial charge in [0, 0.05) is 38.8 Å². The Morgan fingerprint density at radius 3 is 2.60 bits per heavy atom. The summed E-state index contributed by atoms with van der Waals surface area (Å²) in [4.78, 5) is 16.1. The molecular formula is C18H26FN3O3. The van der Waals surface area contributed by atoms with Gasteiger partial charge in [-0.3, -0.25) is 14.6 Å². The van der Waals surface area contributed by atoms with Gasteiger partial charge in [-0.05, 0) is 25.0 Å². The summed E-state index contributed by atoms with van der Waals surface area (Å²) < 4.78 is 18.8. The molecule has 1 saturated heterocycles. The van der Waals surface area contributed by atoms with Crippen molar-refractivity contribution in [2.24, 2.45) is 0 Å². The van der Waals surface area contributed by atoms with E-state index >= 15 is 0 Å². The molecule has 1 heterocycles. The molecule has 2 N–H and O–H groups in total. The highest BCUT2D eigenvalue weighted by Crippen LogP contribution is 2.18. The maximum Gasteiger partial charge on any atom is 0.234 e. The molecule has 0 bridgehead atoms. The third kappa shape index (κ3) is 5.95. The van der Waals surface area contributed by atoms with Gasteiger partial charge in [-0.25, -0.2) is 4.39 Å². The number of piperazine rings is 1. The van der Waals surface area contributed by atoms with Crippen molar-refractivity contribution in [3.05, 3.63) is 30.1 Å². The zero-order valence-corrected chi connectivity index (χ0v) is 14.4. The van der Waals surface area contributed by atoms with Crippen LogP contribution >= 0.6 is 0 Å². The van der Waals surface area contributed by atoms with Crippen LogP contribution in [0.4, 0.5) is 4.39 Å². The first-order valence-electron chi connectivity index (χ1n) is 8.89. The zero-order chi connectivity index (χ0) is 17.6. The summed E-state index contributed by atoms with van der Waals surface area (Å²) in [6, 6.07) is 6.58. The molecule has 6 nitrogen and oxygen atoms in total. The Kier molecular flexibility index (Phi) is 6.23. The fourth-order valence-electron chi connectivity index (χ4n) is 2.93. The van der Waals surface area contributed by atoms with Crippen LogP contribution in [0.2, 0.25) is 0 Å². The highest BCUT2D eigenvalue weighted by atomic mass is 19.1. The van der Waals surface area contributed by atoms with Gasteiger partial charge in [-0.1, -0.05) is 12.1 Å². The van der Waals surface area contributed by atoms with E-state index < -0.39 is 11.9 Å². The zero-order valence-electron chi connectivity index (χ0n) is 14.4. The maximum absolute atomic E-state index is 13.5. The van der Waals surface area contributed by atoms with E-state index in [9.17, 15) is 14.3 Å². The quantitative estimate of drug-likeness (QED) is 0.713. The number of ether oxygens (including phenoxy) is 1. The van der Waals surface area contributed by atoms with E-state index in [0.717, 1.165) is 39.0 Å². The molecule has 1 atom stereocenters. The van der Waals surface area contributed by atoms with Crippen molar-refractivity contribution in [1.82, 2.24) is 15.1 Å². The number of nitrogens with zero attached hydrogens (tertiary/aromatic N) is 2. The van der Waals surface area contributed by atoms with Crippen LogP contribution in [0.1, 0.15) is 12.8 Å². The Morgan fingerprint density at radius 2 is 1.92 bits per heavy atom. The predicted octanol–water partition coefficient (Wildman–Crippen LogP) is 0.462. The molecule has 138 valence electrons. The van der Waals surface area contributed by atoms with Crippen LogP contribution in [0.15, 0.2) is 24.3 Å². The molecule has 2 aliphatic rings. The van der Waals surface area contributed by atoms with Crippen molar-refractivity contribution in [3.8, 4) is 5.75 Å². The number of rotatable bonds is 8. The molecule has 2 fully saturated rings. The van der Waals surface area contributed by atoms with E-state index in [4.69, 9.17) is 4.74 Å². The Balaban J connectivity index is 1.32. The highest BCUT2D eigenvalue weighted by Gasteiger charge is 2.25. The van der Waals surface area contributed by atoms with Crippen LogP contribution < -0.4 is 10.1 Å². The molecule has 1 saturated carbocycles. The summed E-state index contributed by atoms with van der Waals surface area (Å²) in [6.07, 6.45) is 1.53. The molecule has 0 spiro atoms. The fourth-order valence-corrected chi connectivity index (χ4v) is 2.93. The number of nitrogens with one attached hydrogen (secondary N) is 1. The third-order valence-electron chi connectivity index (χ3n) is 4.51. The molecule has 25 heavy (non-hydrogen) atoms. The van der Waals surface area contributed by atoms with Crippen molar-refractivity contribution in [1.29, 1.82) is 0 Å². The second-order valence-electron chi connectivity index (χ2n) is 6.81. The molecule has 1 aromatic carbocycles. The van der Waals surface area contributed by atoms with Crippen LogP contribution in [0, 0.1) is 5.82 Å². The smallest absolute Gasteiger partial charge is 0.234 e. The van der Waals surface area contributed by atoms with Crippen LogP contribution in [0.5, 0.6) is 5.75 Å². The van der Waals surface area contributed by atoms with Gasteiger partial charge in [0.1, 0.15) is 12.7 Å². The average Bonchev–Trinajstić information content (AvgIpc) is 3.40. The Hall–Kier alpha value is -1.70. The molecular weight excluding hydrogens is 325 g/mol. The van der Waals surface area contributed by atoms with Gasteiger partial charge in [0.05, 0.1) is 6.54 Å². The van der Waals surface area contributed by atoms with E-state index in [1.165, 1.54) is 6.07 Å². The van der Waals surface area contributed by atoms with Gasteiger partial charge >= 0.3 is 0 Å². The molecule has 1 aromatic rings. The lowest BCUT2D eigenvalue weighted by molar-refractivity contribution is -0.122. The van der Waals surface area contributed by atoms with E-state index in [1.807, 2.05) is 0 Å². The SMILES string of the molecule is O=C(CN1CCN(C[C@H](O)COc2ccccc2F)CC1)NC1CC1. The van der Waals surface area contributed by atoms with Crippen LogP contribution in [0.25, 0.3) is 0 Å². The van der Waals surface area contributed by atoms with Crippen molar-refractivity contribution < 1.29 is 19.0 Å². The summed E-state index contributed by atoms with van der Waals surface area (Å²) in [5.41, 5.74) is 0. The number of amides is 1. The van der Waals surface area contributed by atoms with Crippen LogP contribution in [-0.4, -0.2) is 78.8 Å². The number of carbonyl (C=O) groups excluding carboxylic acids is 1. The molecule has 1 aliphatic heterocycles. The Morgan fingerprint density at radius 1 is 1.24 bits per heavy atom. The number of hydrogen-bond donors (Lipinski definition) is 2. The van der Waals surface area contributed by atoms with Crippen LogP contribution in [0.3, 0.4) is 0 Å². The second kappa shape index (κ2) is 8.60. The summed E-state index contributed by atoms with van der Waals surface area (Å²) in [5, 5.41) is 13.1. The maximum atomic E-state index is 13.5. The molecule has 0 unspecified atom stereocenters. The first-order valence-corrected chi connectivity index (χ1v) is 8.89. The first-order chi connectivity index (χ1) is 12.1. The van der Waals surface area contributed by atoms with E-state index in [1.54, 1.807) is 18.2 Å². The normalized spacial score (nSPS) is 20.2. The molecule has 0 radical (unpaired) electrons. The summed E-state index contributed by atoms with van der Waals surface area (Å²) >= 11 is 0. The number of aliphatic hydroxyl groups excluding tert-OH is 1. The van der Waals surface area contributed by atoms with E-state index in [0.29, 0.717) is 19.1 Å². The van der Waals surface area contributed by atoms with Gasteiger partial charge in [0.25, 0.3) is 0 Å². The number of benzene rings is 1. The monoisotopic (exact) mass is 351 g/mol. The van der Waals surface area contributed by atoms with E-state index in [-0.39, 0.29) is 18.3 Å². The lowest BCUT2D eigenvalue weighted by atomic mass is 10.2. The van der Waals surface area contributed by atoms with Gasteiger partial charge < -0.3 is 15.2 Å². The molecule has 0 aromatic heterocycles. The summed E-state index contributed by atoms with van der Waals surface area (Å²) in [5.74, 6) is -0.157. The van der Waals surface area contributed by atoms with Crippen molar-refractivity contribution in [2.45, 2.75) is 25.0 Å². The number of aliphatic hydroxyl groups is 1. The number of carbonyl (C=O) groups is 1. The number of halogens is 1. The van der Waals surface area contributed by atoms with Crippen molar-refractivity contribution in [3.63, 3.8) is 0 Å². The predicted molar refractivity (Wildman–Crippen MR) is 91.9 cm³/mol. The number of β-amino-alcohol motifs (C(OH)–C–C–N with tert-alkyl or cyclic N) is 1. The van der Waals surface area contributed by atoms with Gasteiger partial charge in [-0.2, -0.15) is 0 Å². The third-order valence-corrected chi connectivity index (χ3v) is 4.51. The summed E-state index contributed by atoms with van der Waals surface area (Å²) in [6.45, 7) is 4.20. The molecule has 7 heteroatoms. The molecule has 1 amide bonds. The minimum atomic E-state index is -0.677. The molecule has 1 aliphatic carbocycles. The second-order valence-corrected chi connectivity index (χ2v) is 6.81. The van der Waals surface area contributed by atoms with Crippen molar-refractivity contribution in [2.75, 3.05) is 45.9 Å². The largest absolute Gasteiger partial charge is 0.488 e. The van der Waals surface area contributed by atoms with Gasteiger partial charge in [0.2, 0.25) is 5.91 Å². The standard InChI is InChI=1S/C18H26FN3O3/c19-16-3-1-2-4-17(16)25-13-15(23)11-21-7-9-22(10-8-21)12-18(24)20-14-5-6-14/h1-4,14-15,23H,5-13H2,(H,20,24)/t15-/m0/s1. The minimum Gasteiger partial charge on any atom is -0.488 e. The molecule has 3 rings (SSSR count). The first kappa shape index (κ1) is 18.1. The Bertz CT molecular complexity index is 574. The Labute approximate surface area is 147 Å². The lowest BCUT2D eigenvalue weighted by Crippen LogP contribution is -2.51. The lowest BCUT2D eigenvalue weighted by Gasteiger charge is -2.35. The topological polar surface area (TPSA) is 65.0 Å². The van der Waals surface area contributed by atoms with Gasteiger partial charge in [0.15, 0.2) is 11.6 Å². The van der Waals surface area contributed by atoms with Crippen molar-refractivity contribution >= 4 is 5.91 Å². The summed E-state index contributed by atoms with van der Waals surface area (Å²) in [7, 11) is 0. The fraction of sp³-hybridized carbons (Fsp3) is 0.611. The van der Waals surface area contributed by atoms with E-state index in [2.05, 4.69) is 15.1 Å². The number of hydrogen-bond acceptors (Lipinski definition) is 5.